The van der Waals surface area contributed by atoms with Gasteiger partial charge in [-0.2, -0.15) is 9.90 Å². The summed E-state index contributed by atoms with van der Waals surface area (Å²) < 4.78 is 5.22. The largest absolute Gasteiger partial charge is 0.444 e. The minimum atomic E-state index is -0.242. The molecule has 1 aromatic heterocycles. The van der Waals surface area contributed by atoms with Gasteiger partial charge in [0.15, 0.2) is 5.69 Å². The van der Waals surface area contributed by atoms with Crippen LogP contribution in [0.25, 0.3) is 5.69 Å². The molecule has 0 radical (unpaired) electrons. The lowest BCUT2D eigenvalue weighted by Gasteiger charge is -2.35. The van der Waals surface area contributed by atoms with Gasteiger partial charge in [-0.15, -0.1) is 5.10 Å². The van der Waals surface area contributed by atoms with E-state index in [4.69, 9.17) is 4.74 Å². The highest BCUT2D eigenvalue weighted by molar-refractivity contribution is 5.93. The Labute approximate surface area is 157 Å². The Hall–Kier alpha value is -2.90. The molecule has 1 aromatic carbocycles. The molecule has 0 bridgehead atoms. The monoisotopic (exact) mass is 369 g/mol. The molecule has 2 amide bonds. The number of amides is 2. The van der Waals surface area contributed by atoms with Crippen molar-refractivity contribution in [2.45, 2.75) is 38.8 Å². The molecule has 1 atom stereocenters. The molecule has 2 aliphatic rings. The van der Waals surface area contributed by atoms with Crippen LogP contribution < -0.4 is 0 Å². The molecule has 27 heavy (non-hydrogen) atoms. The van der Waals surface area contributed by atoms with Gasteiger partial charge in [0.2, 0.25) is 0 Å². The highest BCUT2D eigenvalue weighted by Crippen LogP contribution is 2.23. The van der Waals surface area contributed by atoms with Crippen LogP contribution in [0.2, 0.25) is 0 Å². The molecule has 3 heterocycles. The average molecular weight is 369 g/mol. The second-order valence-electron chi connectivity index (χ2n) is 7.13. The van der Waals surface area contributed by atoms with Crippen molar-refractivity contribution in [1.29, 1.82) is 0 Å². The topological polar surface area (TPSA) is 80.6 Å². The fourth-order valence-corrected chi connectivity index (χ4v) is 3.71. The summed E-state index contributed by atoms with van der Waals surface area (Å²) >= 11 is 0. The van der Waals surface area contributed by atoms with Gasteiger partial charge in [0, 0.05) is 19.1 Å². The van der Waals surface area contributed by atoms with Crippen LogP contribution in [0.3, 0.4) is 0 Å². The van der Waals surface area contributed by atoms with Crippen LogP contribution in [-0.4, -0.2) is 68.6 Å². The van der Waals surface area contributed by atoms with Gasteiger partial charge in [0.1, 0.15) is 6.10 Å². The zero-order chi connectivity index (χ0) is 19.0. The van der Waals surface area contributed by atoms with Crippen molar-refractivity contribution in [3.05, 3.63) is 41.7 Å². The molecular weight excluding hydrogens is 346 g/mol. The van der Waals surface area contributed by atoms with Crippen molar-refractivity contribution in [2.75, 3.05) is 19.6 Å². The molecule has 142 valence electrons. The first-order chi connectivity index (χ1) is 13.0. The van der Waals surface area contributed by atoms with E-state index in [1.807, 2.05) is 37.3 Å². The van der Waals surface area contributed by atoms with Crippen molar-refractivity contribution >= 4 is 12.0 Å². The first kappa shape index (κ1) is 17.5. The van der Waals surface area contributed by atoms with Gasteiger partial charge in [-0.25, -0.2) is 4.79 Å². The summed E-state index contributed by atoms with van der Waals surface area (Å²) in [6, 6.07) is 9.67. The second kappa shape index (κ2) is 7.02. The maximum Gasteiger partial charge on any atom is 0.410 e. The molecular formula is C19H23N5O3. The number of aromatic nitrogens is 3. The Morgan fingerprint density at radius 2 is 1.85 bits per heavy atom. The predicted octanol–water partition coefficient (Wildman–Crippen LogP) is 2.02. The summed E-state index contributed by atoms with van der Waals surface area (Å²) in [5.41, 5.74) is 1.81. The molecule has 4 rings (SSSR count). The molecule has 2 fully saturated rings. The van der Waals surface area contributed by atoms with Crippen LogP contribution in [-0.2, 0) is 4.74 Å². The lowest BCUT2D eigenvalue weighted by atomic mass is 10.0. The van der Waals surface area contributed by atoms with E-state index in [2.05, 4.69) is 10.2 Å². The van der Waals surface area contributed by atoms with E-state index in [-0.39, 0.29) is 24.1 Å². The SMILES string of the molecule is Cc1nn(-c2ccccc2)nc1C(=O)N1CCC(N2CC(C)OC2=O)CC1. The average Bonchev–Trinajstić information content (AvgIpc) is 3.24. The van der Waals surface area contributed by atoms with Gasteiger partial charge in [-0.05, 0) is 38.8 Å². The summed E-state index contributed by atoms with van der Waals surface area (Å²) in [7, 11) is 0. The van der Waals surface area contributed by atoms with E-state index in [1.165, 1.54) is 4.80 Å². The zero-order valence-corrected chi connectivity index (χ0v) is 15.5. The molecule has 1 unspecified atom stereocenters. The van der Waals surface area contributed by atoms with Crippen LogP contribution in [0.1, 0.15) is 35.9 Å². The first-order valence-corrected chi connectivity index (χ1v) is 9.29. The summed E-state index contributed by atoms with van der Waals surface area (Å²) in [6.45, 7) is 5.52. The number of carbonyl (C=O) groups excluding carboxylic acids is 2. The maximum absolute atomic E-state index is 12.9. The number of carbonyl (C=O) groups is 2. The number of benzene rings is 1. The lowest BCUT2D eigenvalue weighted by Crippen LogP contribution is -2.47. The van der Waals surface area contributed by atoms with Gasteiger partial charge >= 0.3 is 6.09 Å². The highest BCUT2D eigenvalue weighted by atomic mass is 16.6. The smallest absolute Gasteiger partial charge is 0.410 e. The van der Waals surface area contributed by atoms with E-state index in [0.29, 0.717) is 31.0 Å². The van der Waals surface area contributed by atoms with Crippen LogP contribution in [0.5, 0.6) is 0 Å². The molecule has 2 aliphatic heterocycles. The number of rotatable bonds is 3. The van der Waals surface area contributed by atoms with E-state index in [0.717, 1.165) is 18.5 Å². The van der Waals surface area contributed by atoms with Crippen LogP contribution in [0, 0.1) is 6.92 Å². The van der Waals surface area contributed by atoms with E-state index in [1.54, 1.807) is 16.7 Å². The molecule has 0 spiro atoms. The number of aryl methyl sites for hydroxylation is 1. The van der Waals surface area contributed by atoms with Crippen molar-refractivity contribution in [2.24, 2.45) is 0 Å². The molecule has 0 saturated carbocycles. The number of cyclic esters (lactones) is 1. The van der Waals surface area contributed by atoms with Crippen molar-refractivity contribution < 1.29 is 14.3 Å². The number of nitrogens with zero attached hydrogens (tertiary/aromatic N) is 5. The third-order valence-electron chi connectivity index (χ3n) is 5.15. The summed E-state index contributed by atoms with van der Waals surface area (Å²) in [5.74, 6) is -0.106. The van der Waals surface area contributed by atoms with E-state index >= 15 is 0 Å². The number of likely N-dealkylation sites (tertiary alicyclic amines) is 1. The third-order valence-corrected chi connectivity index (χ3v) is 5.15. The molecule has 2 saturated heterocycles. The predicted molar refractivity (Wildman–Crippen MR) is 97.7 cm³/mol. The summed E-state index contributed by atoms with van der Waals surface area (Å²) in [5, 5.41) is 8.79. The quantitative estimate of drug-likeness (QED) is 0.827. The van der Waals surface area contributed by atoms with Crippen LogP contribution in [0.4, 0.5) is 4.79 Å². The fourth-order valence-electron chi connectivity index (χ4n) is 3.71. The molecule has 2 aromatic rings. The third kappa shape index (κ3) is 3.39. The number of hydrogen-bond donors (Lipinski definition) is 0. The Morgan fingerprint density at radius 3 is 2.48 bits per heavy atom. The van der Waals surface area contributed by atoms with Crippen LogP contribution >= 0.6 is 0 Å². The number of para-hydroxylation sites is 1. The van der Waals surface area contributed by atoms with Gasteiger partial charge in [0.25, 0.3) is 5.91 Å². The molecule has 0 aliphatic carbocycles. The van der Waals surface area contributed by atoms with Gasteiger partial charge < -0.3 is 14.5 Å². The van der Waals surface area contributed by atoms with E-state index in [9.17, 15) is 9.59 Å². The minimum Gasteiger partial charge on any atom is -0.444 e. The Balaban J connectivity index is 1.43. The lowest BCUT2D eigenvalue weighted by molar-refractivity contribution is 0.0651. The normalized spacial score (nSPS) is 20.8. The fraction of sp³-hybridized carbons (Fsp3) is 0.474. The van der Waals surface area contributed by atoms with Gasteiger partial charge in [-0.1, -0.05) is 18.2 Å². The standard InChI is InChI=1S/C19H23N5O3/c1-13-12-23(19(26)27-13)15-8-10-22(11-9-15)18(25)17-14(2)20-24(21-17)16-6-4-3-5-7-16/h3-7,13,15H,8-12H2,1-2H3. The van der Waals surface area contributed by atoms with E-state index < -0.39 is 0 Å². The van der Waals surface area contributed by atoms with Gasteiger partial charge in [0.05, 0.1) is 17.9 Å². The van der Waals surface area contributed by atoms with Crippen molar-refractivity contribution in [3.63, 3.8) is 0 Å². The maximum atomic E-state index is 12.9. The summed E-state index contributed by atoms with van der Waals surface area (Å²) in [6.07, 6.45) is 1.19. The minimum absolute atomic E-state index is 0.0622. The Bertz CT molecular complexity index is 842. The number of ether oxygens (including phenoxy) is 1. The van der Waals surface area contributed by atoms with Gasteiger partial charge in [-0.3, -0.25) is 4.79 Å². The van der Waals surface area contributed by atoms with Crippen LogP contribution in [0.15, 0.2) is 30.3 Å². The van der Waals surface area contributed by atoms with Crippen molar-refractivity contribution in [3.8, 4) is 5.69 Å². The molecule has 8 nitrogen and oxygen atoms in total. The zero-order valence-electron chi connectivity index (χ0n) is 15.5. The number of piperidine rings is 1. The van der Waals surface area contributed by atoms with Crippen molar-refractivity contribution in [1.82, 2.24) is 24.8 Å². The number of hydrogen-bond acceptors (Lipinski definition) is 5. The Kier molecular flexibility index (Phi) is 4.55. The first-order valence-electron chi connectivity index (χ1n) is 9.29. The highest BCUT2D eigenvalue weighted by Gasteiger charge is 2.36. The summed E-state index contributed by atoms with van der Waals surface area (Å²) in [4.78, 5) is 29.9. The second-order valence-corrected chi connectivity index (χ2v) is 7.13. The Morgan fingerprint density at radius 1 is 1.15 bits per heavy atom. The molecule has 8 heteroatoms. The molecule has 0 N–H and O–H groups in total.